The summed E-state index contributed by atoms with van der Waals surface area (Å²) in [7, 11) is 0. The quantitative estimate of drug-likeness (QED) is 0.128. The largest absolute Gasteiger partial charge is 0.399 e. The van der Waals surface area contributed by atoms with Gasteiger partial charge in [0, 0.05) is 52.9 Å². The Morgan fingerprint density at radius 2 is 1.69 bits per heavy atom. The van der Waals surface area contributed by atoms with Crippen LogP contribution in [0.25, 0.3) is 22.9 Å². The second-order valence-electron chi connectivity index (χ2n) is 9.39. The van der Waals surface area contributed by atoms with Crippen molar-refractivity contribution in [2.45, 2.75) is 108 Å². The molecule has 2 heterocycles. The van der Waals surface area contributed by atoms with Gasteiger partial charge in [0.15, 0.2) is 11.6 Å². The van der Waals surface area contributed by atoms with E-state index in [1.165, 1.54) is 50.9 Å². The van der Waals surface area contributed by atoms with Crippen molar-refractivity contribution in [2.24, 2.45) is 5.73 Å². The molecule has 0 aliphatic carbocycles. The Hall–Kier alpha value is -3.03. The van der Waals surface area contributed by atoms with E-state index >= 15 is 0 Å². The number of carbonyl (C=O) groups excluding carboxylic acids is 2. The highest BCUT2D eigenvalue weighted by Crippen LogP contribution is 2.31. The summed E-state index contributed by atoms with van der Waals surface area (Å²) in [5.41, 5.74) is 10.9. The number of aromatic amines is 1. The normalized spacial score (nSPS) is 11.3. The van der Waals surface area contributed by atoms with Gasteiger partial charge in [-0.1, -0.05) is 80.4 Å². The van der Waals surface area contributed by atoms with E-state index in [0.29, 0.717) is 28.3 Å². The first-order valence-electron chi connectivity index (χ1n) is 15.4. The zero-order valence-electron chi connectivity index (χ0n) is 28.0. The average molecular weight is 600 g/mol. The first-order valence-corrected chi connectivity index (χ1v) is 16.2. The van der Waals surface area contributed by atoms with Gasteiger partial charge in [-0.2, -0.15) is 0 Å². The van der Waals surface area contributed by atoms with Crippen molar-refractivity contribution in [3.8, 4) is 11.3 Å². The van der Waals surface area contributed by atoms with E-state index in [9.17, 15) is 9.59 Å². The van der Waals surface area contributed by atoms with Gasteiger partial charge in [0.05, 0.1) is 11.3 Å². The van der Waals surface area contributed by atoms with E-state index < -0.39 is 0 Å². The maximum absolute atomic E-state index is 12.2. The number of allylic oxidation sites excluding steroid dienone is 5. The first kappa shape index (κ1) is 41.1. The summed E-state index contributed by atoms with van der Waals surface area (Å²) < 4.78 is 5.28. The van der Waals surface area contributed by atoms with Gasteiger partial charge in [0.1, 0.15) is 5.01 Å². The number of hydrogen-bond donors (Lipinski definition) is 2. The topological polar surface area (TPSA) is 98.1 Å². The van der Waals surface area contributed by atoms with Crippen molar-refractivity contribution >= 4 is 34.6 Å². The molecule has 2 rings (SSSR count). The lowest BCUT2D eigenvalue weighted by molar-refractivity contribution is -0.113. The zero-order valence-corrected chi connectivity index (χ0v) is 28.8. The number of ketones is 2. The molecule has 0 aliphatic rings. The maximum atomic E-state index is 12.2. The van der Waals surface area contributed by atoms with Crippen LogP contribution in [0, 0.1) is 6.92 Å². The van der Waals surface area contributed by atoms with E-state index in [0.717, 1.165) is 42.1 Å². The highest BCUT2D eigenvalue weighted by molar-refractivity contribution is 7.11. The number of ether oxygens (including phenoxy) is 1. The van der Waals surface area contributed by atoms with Crippen LogP contribution in [0.4, 0.5) is 0 Å². The smallest absolute Gasteiger partial charge is 0.162 e. The fraction of sp³-hybridized carbons (Fsp3) is 0.514. The molecule has 0 aromatic carbocycles. The standard InChI is InChI=1S/C22H25N3O2S.C8H18O.C3H8.C2H6/c1-6-8-16(14(4)26)9-19(15(5)27)22-25-21(12-28-22)20-11-24-13(3)18(20)10-17(23)7-2;1-3-5-6-8-9-7-4-2;1-3-2;1-2/h7-12,24H,2,6,23H2,1,3-5H3;3-8H2,1-2H3;3H2,1-2H3;1-2H3/b16-8+,17-10+,19-9+;;;. The van der Waals surface area contributed by atoms with Gasteiger partial charge in [0.2, 0.25) is 0 Å². The van der Waals surface area contributed by atoms with E-state index in [2.05, 4.69) is 44.2 Å². The van der Waals surface area contributed by atoms with Crippen LogP contribution >= 0.6 is 11.3 Å². The summed E-state index contributed by atoms with van der Waals surface area (Å²) in [5, 5.41) is 2.48. The third kappa shape index (κ3) is 16.4. The number of nitrogens with one attached hydrogen (secondary N) is 1. The lowest BCUT2D eigenvalue weighted by Gasteiger charge is -2.02. The van der Waals surface area contributed by atoms with Gasteiger partial charge in [0.25, 0.3) is 0 Å². The van der Waals surface area contributed by atoms with Gasteiger partial charge >= 0.3 is 0 Å². The Balaban J connectivity index is 0. The Morgan fingerprint density at radius 1 is 1.05 bits per heavy atom. The highest BCUT2D eigenvalue weighted by atomic mass is 32.1. The number of aromatic nitrogens is 2. The molecule has 6 nitrogen and oxygen atoms in total. The number of thiazole rings is 1. The van der Waals surface area contributed by atoms with Crippen LogP contribution in [0.2, 0.25) is 0 Å². The Morgan fingerprint density at radius 3 is 2.19 bits per heavy atom. The molecule has 0 unspecified atom stereocenters. The van der Waals surface area contributed by atoms with Crippen molar-refractivity contribution in [3.05, 3.63) is 63.9 Å². The van der Waals surface area contributed by atoms with Crippen molar-refractivity contribution in [2.75, 3.05) is 13.2 Å². The summed E-state index contributed by atoms with van der Waals surface area (Å²) in [6.07, 6.45) is 15.7. The summed E-state index contributed by atoms with van der Waals surface area (Å²) in [5.74, 6) is -0.212. The van der Waals surface area contributed by atoms with E-state index in [1.54, 1.807) is 12.2 Å². The van der Waals surface area contributed by atoms with Crippen LogP contribution in [0.1, 0.15) is 117 Å². The van der Waals surface area contributed by atoms with Crippen molar-refractivity contribution in [1.82, 2.24) is 9.97 Å². The molecule has 0 saturated heterocycles. The number of carbonyl (C=O) groups is 2. The Labute approximate surface area is 260 Å². The molecule has 0 radical (unpaired) electrons. The average Bonchev–Trinajstić information content (AvgIpc) is 3.59. The molecule has 236 valence electrons. The van der Waals surface area contributed by atoms with Crippen LogP contribution in [0.15, 0.2) is 47.7 Å². The van der Waals surface area contributed by atoms with Crippen molar-refractivity contribution < 1.29 is 14.3 Å². The number of rotatable bonds is 14. The number of H-pyrrole nitrogens is 1. The fourth-order valence-corrected chi connectivity index (χ4v) is 4.26. The number of unbranched alkanes of at least 4 members (excludes halogenated alkanes) is 2. The van der Waals surface area contributed by atoms with Crippen LogP contribution in [0.3, 0.4) is 0 Å². The molecule has 0 saturated carbocycles. The second-order valence-corrected chi connectivity index (χ2v) is 10.3. The Kier molecular flexibility index (Phi) is 25.1. The first-order chi connectivity index (χ1) is 20.1. The second kappa shape index (κ2) is 25.7. The fourth-order valence-electron chi connectivity index (χ4n) is 3.38. The number of hydrogen-bond acceptors (Lipinski definition) is 6. The molecule has 0 fully saturated rings. The van der Waals surface area contributed by atoms with Crippen LogP contribution in [-0.2, 0) is 14.3 Å². The van der Waals surface area contributed by atoms with Gasteiger partial charge in [-0.05, 0) is 58.3 Å². The molecule has 0 spiro atoms. The third-order valence-corrected chi connectivity index (χ3v) is 6.31. The zero-order chi connectivity index (χ0) is 32.5. The van der Waals surface area contributed by atoms with Crippen molar-refractivity contribution in [3.63, 3.8) is 0 Å². The molecule has 0 atom stereocenters. The number of nitrogens with zero attached hydrogens (tertiary/aromatic N) is 1. The lowest BCUT2D eigenvalue weighted by atomic mass is 10.0. The molecular formula is C35H57N3O3S. The predicted octanol–water partition coefficient (Wildman–Crippen LogP) is 9.88. The lowest BCUT2D eigenvalue weighted by Crippen LogP contribution is -2.00. The minimum atomic E-state index is -0.134. The molecule has 0 aliphatic heterocycles. The number of Topliss-reactive ketones (excluding diaryl/α,β-unsaturated/α-hetero) is 2. The molecule has 2 aromatic rings. The highest BCUT2D eigenvalue weighted by Gasteiger charge is 2.17. The molecule has 0 amide bonds. The summed E-state index contributed by atoms with van der Waals surface area (Å²) in [6.45, 7) is 25.1. The summed E-state index contributed by atoms with van der Waals surface area (Å²) >= 11 is 1.37. The monoisotopic (exact) mass is 599 g/mol. The van der Waals surface area contributed by atoms with E-state index in [-0.39, 0.29) is 11.6 Å². The SMILES string of the molecule is C=C/C(N)=C\c1c(-c2csc(/C(=C/C(=C\CC)C(C)=O)C(C)=O)n2)c[nH]c1C.CC.CCC.CCCCCOCCC. The molecule has 42 heavy (non-hydrogen) atoms. The number of aryl methyl sites for hydroxylation is 1. The van der Waals surface area contributed by atoms with Crippen LogP contribution < -0.4 is 5.73 Å². The van der Waals surface area contributed by atoms with E-state index in [1.807, 2.05) is 51.4 Å². The minimum Gasteiger partial charge on any atom is -0.399 e. The van der Waals surface area contributed by atoms with Crippen LogP contribution in [-0.4, -0.2) is 34.7 Å². The third-order valence-electron chi connectivity index (χ3n) is 5.43. The minimum absolute atomic E-state index is 0.0778. The molecule has 2 aromatic heterocycles. The van der Waals surface area contributed by atoms with Gasteiger partial charge in [-0.15, -0.1) is 11.3 Å². The molecular weight excluding hydrogens is 542 g/mol. The van der Waals surface area contributed by atoms with Crippen LogP contribution in [0.5, 0.6) is 0 Å². The van der Waals surface area contributed by atoms with Crippen molar-refractivity contribution in [1.29, 1.82) is 0 Å². The number of nitrogens with two attached hydrogens (primary N) is 1. The van der Waals surface area contributed by atoms with Gasteiger partial charge < -0.3 is 15.5 Å². The summed E-state index contributed by atoms with van der Waals surface area (Å²) in [6, 6.07) is 0. The molecule has 0 bridgehead atoms. The molecule has 7 heteroatoms. The predicted molar refractivity (Wildman–Crippen MR) is 185 cm³/mol. The van der Waals surface area contributed by atoms with E-state index in [4.69, 9.17) is 10.5 Å². The van der Waals surface area contributed by atoms with Gasteiger partial charge in [-0.25, -0.2) is 4.98 Å². The summed E-state index contributed by atoms with van der Waals surface area (Å²) in [4.78, 5) is 31.9. The van der Waals surface area contributed by atoms with Gasteiger partial charge in [-0.3, -0.25) is 9.59 Å². The maximum Gasteiger partial charge on any atom is 0.162 e. The molecule has 3 N–H and O–H groups in total. The Bertz CT molecular complexity index is 1130.